The number of nitrogens with one attached hydrogen (secondary N) is 2. The van der Waals surface area contributed by atoms with E-state index in [2.05, 4.69) is 31.4 Å². The molecule has 3 nitrogen and oxygen atoms in total. The maximum absolute atomic E-state index is 5.35. The van der Waals surface area contributed by atoms with Crippen molar-refractivity contribution in [1.82, 2.24) is 10.6 Å². The van der Waals surface area contributed by atoms with Crippen LogP contribution in [0, 0.1) is 0 Å². The van der Waals surface area contributed by atoms with E-state index in [1.807, 2.05) is 7.11 Å². The van der Waals surface area contributed by atoms with Gasteiger partial charge in [-0.25, -0.2) is 0 Å². The SMILES string of the molecule is COC1CCC(NCCNC(C)(C)C)C1. The summed E-state index contributed by atoms with van der Waals surface area (Å²) in [6.07, 6.45) is 4.12. The summed E-state index contributed by atoms with van der Waals surface area (Å²) in [5.41, 5.74) is 0.229. The van der Waals surface area contributed by atoms with Crippen molar-refractivity contribution < 1.29 is 4.74 Å². The molecule has 90 valence electrons. The molecule has 0 aromatic rings. The molecular formula is C12H26N2O. The van der Waals surface area contributed by atoms with Crippen LogP contribution in [-0.2, 0) is 4.74 Å². The van der Waals surface area contributed by atoms with Crippen molar-refractivity contribution in [3.8, 4) is 0 Å². The quantitative estimate of drug-likeness (QED) is 0.681. The van der Waals surface area contributed by atoms with Crippen LogP contribution < -0.4 is 10.6 Å². The third kappa shape index (κ3) is 5.50. The van der Waals surface area contributed by atoms with Crippen LogP contribution in [0.5, 0.6) is 0 Å². The Bertz CT molecular complexity index is 177. The van der Waals surface area contributed by atoms with E-state index < -0.39 is 0 Å². The minimum Gasteiger partial charge on any atom is -0.381 e. The van der Waals surface area contributed by atoms with Crippen LogP contribution in [-0.4, -0.2) is 37.9 Å². The first kappa shape index (κ1) is 12.9. The Balaban J connectivity index is 2.02. The van der Waals surface area contributed by atoms with E-state index in [1.54, 1.807) is 0 Å². The van der Waals surface area contributed by atoms with E-state index in [9.17, 15) is 0 Å². The van der Waals surface area contributed by atoms with Crippen LogP contribution in [0.1, 0.15) is 40.0 Å². The minimum atomic E-state index is 0.229. The maximum Gasteiger partial charge on any atom is 0.0586 e. The van der Waals surface area contributed by atoms with E-state index in [-0.39, 0.29) is 5.54 Å². The van der Waals surface area contributed by atoms with Gasteiger partial charge in [0.1, 0.15) is 0 Å². The van der Waals surface area contributed by atoms with Gasteiger partial charge in [0.05, 0.1) is 6.10 Å². The number of methoxy groups -OCH3 is 1. The molecule has 0 heterocycles. The Morgan fingerprint density at radius 3 is 2.47 bits per heavy atom. The highest BCUT2D eigenvalue weighted by Gasteiger charge is 2.23. The largest absolute Gasteiger partial charge is 0.381 e. The Morgan fingerprint density at radius 2 is 1.93 bits per heavy atom. The predicted octanol–water partition coefficient (Wildman–Crippen LogP) is 1.53. The maximum atomic E-state index is 5.35. The molecule has 0 aromatic heterocycles. The summed E-state index contributed by atoms with van der Waals surface area (Å²) in [6, 6.07) is 0.664. The summed E-state index contributed by atoms with van der Waals surface area (Å²) in [5.74, 6) is 0. The van der Waals surface area contributed by atoms with Gasteiger partial charge in [0.25, 0.3) is 0 Å². The zero-order valence-electron chi connectivity index (χ0n) is 10.6. The summed E-state index contributed by atoms with van der Waals surface area (Å²) in [7, 11) is 1.81. The molecule has 15 heavy (non-hydrogen) atoms. The van der Waals surface area contributed by atoms with Gasteiger partial charge in [-0.15, -0.1) is 0 Å². The first-order valence-electron chi connectivity index (χ1n) is 6.02. The Kier molecular flexibility index (Phi) is 5.03. The molecule has 0 spiro atoms. The van der Waals surface area contributed by atoms with Crippen LogP contribution in [0.4, 0.5) is 0 Å². The van der Waals surface area contributed by atoms with Crippen LogP contribution in [0.15, 0.2) is 0 Å². The fourth-order valence-corrected chi connectivity index (χ4v) is 2.05. The van der Waals surface area contributed by atoms with E-state index >= 15 is 0 Å². The highest BCUT2D eigenvalue weighted by Crippen LogP contribution is 2.20. The normalized spacial score (nSPS) is 27.2. The summed E-state index contributed by atoms with van der Waals surface area (Å²) in [4.78, 5) is 0. The first-order chi connectivity index (χ1) is 7.01. The first-order valence-corrected chi connectivity index (χ1v) is 6.02. The van der Waals surface area contributed by atoms with Crippen molar-refractivity contribution in [2.45, 2.75) is 57.7 Å². The predicted molar refractivity (Wildman–Crippen MR) is 64.2 cm³/mol. The van der Waals surface area contributed by atoms with Crippen molar-refractivity contribution in [2.75, 3.05) is 20.2 Å². The van der Waals surface area contributed by atoms with Gasteiger partial charge >= 0.3 is 0 Å². The lowest BCUT2D eigenvalue weighted by molar-refractivity contribution is 0.107. The Labute approximate surface area is 94.0 Å². The van der Waals surface area contributed by atoms with Gasteiger partial charge in [-0.3, -0.25) is 0 Å². The summed E-state index contributed by atoms with van der Waals surface area (Å²) < 4.78 is 5.35. The zero-order chi connectivity index (χ0) is 11.3. The Hall–Kier alpha value is -0.120. The van der Waals surface area contributed by atoms with Gasteiger partial charge in [-0.1, -0.05) is 0 Å². The number of hydrogen-bond acceptors (Lipinski definition) is 3. The molecule has 2 N–H and O–H groups in total. The van der Waals surface area contributed by atoms with Gasteiger partial charge in [0.15, 0.2) is 0 Å². The van der Waals surface area contributed by atoms with Crippen molar-refractivity contribution >= 4 is 0 Å². The molecule has 1 rings (SSSR count). The topological polar surface area (TPSA) is 33.3 Å². The molecule has 0 saturated heterocycles. The van der Waals surface area contributed by atoms with E-state index in [0.717, 1.165) is 13.1 Å². The monoisotopic (exact) mass is 214 g/mol. The second-order valence-electron chi connectivity index (χ2n) is 5.50. The van der Waals surface area contributed by atoms with Gasteiger partial charge in [0, 0.05) is 31.8 Å². The smallest absolute Gasteiger partial charge is 0.0586 e. The van der Waals surface area contributed by atoms with E-state index in [0.29, 0.717) is 12.1 Å². The summed E-state index contributed by atoms with van der Waals surface area (Å²) in [5, 5.41) is 7.05. The second-order valence-corrected chi connectivity index (χ2v) is 5.50. The Morgan fingerprint density at radius 1 is 1.20 bits per heavy atom. The fourth-order valence-electron chi connectivity index (χ4n) is 2.05. The summed E-state index contributed by atoms with van der Waals surface area (Å²) in [6.45, 7) is 8.69. The molecule has 0 bridgehead atoms. The second kappa shape index (κ2) is 5.83. The summed E-state index contributed by atoms with van der Waals surface area (Å²) >= 11 is 0. The molecule has 0 amide bonds. The van der Waals surface area contributed by atoms with Crippen molar-refractivity contribution in [3.05, 3.63) is 0 Å². The standard InChI is InChI=1S/C12H26N2O/c1-12(2,3)14-8-7-13-10-5-6-11(9-10)15-4/h10-11,13-14H,5-9H2,1-4H3. The number of ether oxygens (including phenoxy) is 1. The van der Waals surface area contributed by atoms with Gasteiger partial charge in [0.2, 0.25) is 0 Å². The molecule has 0 aromatic carbocycles. The van der Waals surface area contributed by atoms with Crippen LogP contribution in [0.25, 0.3) is 0 Å². The van der Waals surface area contributed by atoms with Crippen LogP contribution in [0.3, 0.4) is 0 Å². The highest BCUT2D eigenvalue weighted by atomic mass is 16.5. The zero-order valence-corrected chi connectivity index (χ0v) is 10.6. The lowest BCUT2D eigenvalue weighted by Crippen LogP contribution is -2.42. The fraction of sp³-hybridized carbons (Fsp3) is 1.00. The molecule has 2 unspecified atom stereocenters. The molecule has 3 heteroatoms. The molecule has 0 aliphatic heterocycles. The lowest BCUT2D eigenvalue weighted by Gasteiger charge is -2.21. The van der Waals surface area contributed by atoms with E-state index in [1.165, 1.54) is 19.3 Å². The average molecular weight is 214 g/mol. The third-order valence-electron chi connectivity index (χ3n) is 2.93. The van der Waals surface area contributed by atoms with Gasteiger partial charge < -0.3 is 15.4 Å². The number of hydrogen-bond donors (Lipinski definition) is 2. The molecule has 1 fully saturated rings. The lowest BCUT2D eigenvalue weighted by atomic mass is 10.1. The average Bonchev–Trinajstić information content (AvgIpc) is 2.59. The molecular weight excluding hydrogens is 188 g/mol. The molecule has 0 radical (unpaired) electrons. The minimum absolute atomic E-state index is 0.229. The van der Waals surface area contributed by atoms with Crippen molar-refractivity contribution in [3.63, 3.8) is 0 Å². The highest BCUT2D eigenvalue weighted by molar-refractivity contribution is 4.81. The van der Waals surface area contributed by atoms with Gasteiger partial charge in [-0.05, 0) is 40.0 Å². The molecule has 1 aliphatic rings. The van der Waals surface area contributed by atoms with Crippen molar-refractivity contribution in [2.24, 2.45) is 0 Å². The molecule has 2 atom stereocenters. The van der Waals surface area contributed by atoms with Gasteiger partial charge in [-0.2, -0.15) is 0 Å². The van der Waals surface area contributed by atoms with Crippen LogP contribution in [0.2, 0.25) is 0 Å². The van der Waals surface area contributed by atoms with Crippen molar-refractivity contribution in [1.29, 1.82) is 0 Å². The number of rotatable bonds is 5. The third-order valence-corrected chi connectivity index (χ3v) is 2.93. The molecule has 1 saturated carbocycles. The molecule has 1 aliphatic carbocycles. The van der Waals surface area contributed by atoms with Crippen LogP contribution >= 0.6 is 0 Å². The van der Waals surface area contributed by atoms with E-state index in [4.69, 9.17) is 4.74 Å².